The van der Waals surface area contributed by atoms with Crippen molar-refractivity contribution < 1.29 is 23.2 Å². The van der Waals surface area contributed by atoms with Crippen LogP contribution in [0.2, 0.25) is 0 Å². The molecule has 6 nitrogen and oxygen atoms in total. The third kappa shape index (κ3) is 6.34. The number of hydrogen-bond acceptors (Lipinski definition) is 3. The van der Waals surface area contributed by atoms with Crippen molar-refractivity contribution in [1.82, 2.24) is 16.0 Å². The van der Waals surface area contributed by atoms with Gasteiger partial charge in [0.1, 0.15) is 23.7 Å². The van der Waals surface area contributed by atoms with Crippen LogP contribution < -0.4 is 16.0 Å². The smallest absolute Gasteiger partial charge is 0.242 e. The summed E-state index contributed by atoms with van der Waals surface area (Å²) in [5.74, 6) is -2.77. The monoisotopic (exact) mass is 429 g/mol. The van der Waals surface area contributed by atoms with Crippen molar-refractivity contribution in [1.29, 1.82) is 0 Å². The van der Waals surface area contributed by atoms with Crippen molar-refractivity contribution >= 4 is 17.7 Å². The van der Waals surface area contributed by atoms with Crippen molar-refractivity contribution in [2.45, 2.75) is 44.2 Å². The van der Waals surface area contributed by atoms with Crippen LogP contribution in [0.3, 0.4) is 0 Å². The number of amides is 3. The number of carbonyl (C=O) groups is 3. The van der Waals surface area contributed by atoms with Gasteiger partial charge in [-0.15, -0.1) is 0 Å². The summed E-state index contributed by atoms with van der Waals surface area (Å²) >= 11 is 0. The van der Waals surface area contributed by atoms with E-state index in [9.17, 15) is 23.2 Å². The molecule has 0 spiro atoms. The average Bonchev–Trinajstić information content (AvgIpc) is 2.89. The minimum atomic E-state index is -0.919. The maximum absolute atomic E-state index is 13.3. The molecule has 1 aliphatic heterocycles. The molecular formula is C23H25F2N3O3. The van der Waals surface area contributed by atoms with Gasteiger partial charge in [-0.1, -0.05) is 30.3 Å². The van der Waals surface area contributed by atoms with Crippen molar-refractivity contribution in [3.05, 3.63) is 71.3 Å². The van der Waals surface area contributed by atoms with Crippen molar-refractivity contribution in [2.24, 2.45) is 0 Å². The quantitative estimate of drug-likeness (QED) is 0.658. The van der Waals surface area contributed by atoms with Crippen molar-refractivity contribution in [3.63, 3.8) is 0 Å². The Labute approximate surface area is 179 Å². The van der Waals surface area contributed by atoms with E-state index >= 15 is 0 Å². The van der Waals surface area contributed by atoms with Crippen LogP contribution in [-0.2, 0) is 20.8 Å². The predicted octanol–water partition coefficient (Wildman–Crippen LogP) is 2.19. The third-order valence-corrected chi connectivity index (χ3v) is 5.27. The van der Waals surface area contributed by atoms with Crippen LogP contribution in [0, 0.1) is 11.6 Å². The zero-order chi connectivity index (χ0) is 22.4. The second kappa shape index (κ2) is 10.1. The number of rotatable bonds is 6. The molecule has 0 unspecified atom stereocenters. The number of nitrogens with one attached hydrogen (secondary N) is 3. The highest BCUT2D eigenvalue weighted by Gasteiger charge is 2.30. The van der Waals surface area contributed by atoms with Crippen molar-refractivity contribution in [2.75, 3.05) is 6.54 Å². The van der Waals surface area contributed by atoms with E-state index in [1.54, 1.807) is 0 Å². The Morgan fingerprint density at radius 3 is 2.48 bits per heavy atom. The fraction of sp³-hybridized carbons (Fsp3) is 0.348. The zero-order valence-electron chi connectivity index (χ0n) is 17.2. The molecule has 0 radical (unpaired) electrons. The fourth-order valence-electron chi connectivity index (χ4n) is 3.71. The highest BCUT2D eigenvalue weighted by atomic mass is 19.1. The topological polar surface area (TPSA) is 87.3 Å². The summed E-state index contributed by atoms with van der Waals surface area (Å²) in [4.78, 5) is 37.2. The van der Waals surface area contributed by atoms with Gasteiger partial charge in [0.15, 0.2) is 0 Å². The number of halogens is 2. The zero-order valence-corrected chi connectivity index (χ0v) is 17.2. The molecule has 0 aromatic heterocycles. The number of carbonyl (C=O) groups excluding carboxylic acids is 3. The van der Waals surface area contributed by atoms with Gasteiger partial charge < -0.3 is 16.0 Å². The molecule has 2 aromatic rings. The summed E-state index contributed by atoms with van der Waals surface area (Å²) < 4.78 is 26.6. The van der Waals surface area contributed by atoms with Crippen LogP contribution in [-0.4, -0.2) is 36.3 Å². The molecule has 0 bridgehead atoms. The van der Waals surface area contributed by atoms with E-state index < -0.39 is 35.5 Å². The summed E-state index contributed by atoms with van der Waals surface area (Å²) in [6, 6.07) is 11.0. The number of hydrogen-bond donors (Lipinski definition) is 3. The summed E-state index contributed by atoms with van der Waals surface area (Å²) in [6.45, 7) is 2.00. The van der Waals surface area contributed by atoms with E-state index in [0.717, 1.165) is 30.2 Å². The van der Waals surface area contributed by atoms with Gasteiger partial charge in [0.2, 0.25) is 17.7 Å². The summed E-state index contributed by atoms with van der Waals surface area (Å²) in [7, 11) is 0. The molecule has 2 aromatic carbocycles. The van der Waals surface area contributed by atoms with Crippen LogP contribution in [0.25, 0.3) is 0 Å². The van der Waals surface area contributed by atoms with Gasteiger partial charge in [0.05, 0.1) is 6.42 Å². The van der Waals surface area contributed by atoms with Crippen molar-refractivity contribution in [3.8, 4) is 0 Å². The van der Waals surface area contributed by atoms with Gasteiger partial charge in [-0.2, -0.15) is 0 Å². The molecule has 1 aliphatic rings. The van der Waals surface area contributed by atoms with Gasteiger partial charge in [0.25, 0.3) is 0 Å². The van der Waals surface area contributed by atoms with Crippen LogP contribution in [0.4, 0.5) is 8.78 Å². The first-order chi connectivity index (χ1) is 14.8. The lowest BCUT2D eigenvalue weighted by Gasteiger charge is -2.22. The SMILES string of the molecule is C[C@H](NC(=O)Cc1cc(F)cc(F)c1)C(=O)N[C@H]1C[C@@H](c2ccccc2)CCNC1=O. The Morgan fingerprint density at radius 1 is 1.13 bits per heavy atom. The Bertz CT molecular complexity index is 932. The van der Waals surface area contributed by atoms with E-state index in [0.29, 0.717) is 13.0 Å². The molecule has 1 saturated heterocycles. The molecule has 1 heterocycles. The van der Waals surface area contributed by atoms with Crippen LogP contribution in [0.1, 0.15) is 36.8 Å². The summed E-state index contributed by atoms with van der Waals surface area (Å²) in [6.07, 6.45) is 0.940. The Kier molecular flexibility index (Phi) is 7.33. The highest BCUT2D eigenvalue weighted by molar-refractivity contribution is 5.92. The maximum Gasteiger partial charge on any atom is 0.242 e. The number of benzene rings is 2. The molecule has 8 heteroatoms. The lowest BCUT2D eigenvalue weighted by atomic mass is 9.90. The molecule has 3 rings (SSSR count). The van der Waals surface area contributed by atoms with Crippen LogP contribution >= 0.6 is 0 Å². The molecule has 3 N–H and O–H groups in total. The second-order valence-corrected chi connectivity index (χ2v) is 7.73. The van der Waals surface area contributed by atoms with Gasteiger partial charge in [0, 0.05) is 12.6 Å². The molecular weight excluding hydrogens is 404 g/mol. The maximum atomic E-state index is 13.3. The van der Waals surface area contributed by atoms with Gasteiger partial charge >= 0.3 is 0 Å². The lowest BCUT2D eigenvalue weighted by molar-refractivity contribution is -0.131. The molecule has 0 aliphatic carbocycles. The van der Waals surface area contributed by atoms with Crippen LogP contribution in [0.5, 0.6) is 0 Å². The average molecular weight is 429 g/mol. The molecule has 0 saturated carbocycles. The Balaban J connectivity index is 1.58. The first-order valence-corrected chi connectivity index (χ1v) is 10.2. The standard InChI is InChI=1S/C23H25F2N3O3/c1-14(27-21(29)11-15-9-18(24)13-19(25)10-15)22(30)28-20-12-17(7-8-26-23(20)31)16-5-3-2-4-6-16/h2-6,9-10,13-14,17,20H,7-8,11-12H2,1H3,(H,26,31)(H,27,29)(H,28,30)/t14-,17-,20-/m0/s1. The summed E-state index contributed by atoms with van der Waals surface area (Å²) in [5.41, 5.74) is 1.26. The molecule has 31 heavy (non-hydrogen) atoms. The Morgan fingerprint density at radius 2 is 1.81 bits per heavy atom. The summed E-state index contributed by atoms with van der Waals surface area (Å²) in [5, 5.41) is 8.02. The minimum Gasteiger partial charge on any atom is -0.354 e. The van der Waals surface area contributed by atoms with E-state index in [1.807, 2.05) is 30.3 Å². The first kappa shape index (κ1) is 22.4. The minimum absolute atomic E-state index is 0.109. The van der Waals surface area contributed by atoms with E-state index in [-0.39, 0.29) is 23.8 Å². The third-order valence-electron chi connectivity index (χ3n) is 5.27. The van der Waals surface area contributed by atoms with Gasteiger partial charge in [-0.25, -0.2) is 8.78 Å². The first-order valence-electron chi connectivity index (χ1n) is 10.2. The van der Waals surface area contributed by atoms with Gasteiger partial charge in [-0.05, 0) is 48.9 Å². The second-order valence-electron chi connectivity index (χ2n) is 7.73. The highest BCUT2D eigenvalue weighted by Crippen LogP contribution is 2.26. The van der Waals surface area contributed by atoms with E-state index in [2.05, 4.69) is 16.0 Å². The molecule has 3 atom stereocenters. The van der Waals surface area contributed by atoms with E-state index in [1.165, 1.54) is 6.92 Å². The largest absolute Gasteiger partial charge is 0.354 e. The molecule has 3 amide bonds. The molecule has 1 fully saturated rings. The Hall–Kier alpha value is -3.29. The van der Waals surface area contributed by atoms with E-state index in [4.69, 9.17) is 0 Å². The molecule has 164 valence electrons. The van der Waals surface area contributed by atoms with Gasteiger partial charge in [-0.3, -0.25) is 14.4 Å². The predicted molar refractivity (Wildman–Crippen MR) is 111 cm³/mol. The van der Waals surface area contributed by atoms with Crippen LogP contribution in [0.15, 0.2) is 48.5 Å². The lowest BCUT2D eigenvalue weighted by Crippen LogP contribution is -2.52. The normalized spacial score (nSPS) is 19.6. The fourth-order valence-corrected chi connectivity index (χ4v) is 3.71.